The average molecular weight is 591 g/mol. The van der Waals surface area contributed by atoms with Crippen molar-refractivity contribution in [2.75, 3.05) is 6.16 Å². The summed E-state index contributed by atoms with van der Waals surface area (Å²) < 4.78 is 6.01. The molecule has 35 heavy (non-hydrogen) atoms. The van der Waals surface area contributed by atoms with Crippen LogP contribution in [0.15, 0.2) is 121 Å². The van der Waals surface area contributed by atoms with Gasteiger partial charge in [-0.3, -0.25) is 4.79 Å². The second-order valence-corrected chi connectivity index (χ2v) is 12.8. The molecule has 0 fully saturated rings. The molecule has 0 aliphatic heterocycles. The second kappa shape index (κ2) is 14.4. The van der Waals surface area contributed by atoms with E-state index in [0.717, 1.165) is 19.0 Å². The van der Waals surface area contributed by atoms with Gasteiger partial charge in [0.1, 0.15) is 5.85 Å². The van der Waals surface area contributed by atoms with Crippen LogP contribution >= 0.6 is 15.8 Å². The van der Waals surface area contributed by atoms with Gasteiger partial charge in [-0.2, -0.15) is 0 Å². The van der Waals surface area contributed by atoms with E-state index in [2.05, 4.69) is 109 Å². The Bertz CT molecular complexity index is 1060. The van der Waals surface area contributed by atoms with E-state index < -0.39 is 15.8 Å². The number of benzene rings is 4. The van der Waals surface area contributed by atoms with Gasteiger partial charge in [-0.05, 0) is 56.1 Å². The number of rotatable bonds is 10. The van der Waals surface area contributed by atoms with Crippen molar-refractivity contribution in [3.63, 3.8) is 0 Å². The van der Waals surface area contributed by atoms with Gasteiger partial charge in [0.2, 0.25) is 0 Å². The van der Waals surface area contributed by atoms with Crippen LogP contribution in [0.25, 0.3) is 0 Å². The van der Waals surface area contributed by atoms with E-state index in [9.17, 15) is 4.79 Å². The van der Waals surface area contributed by atoms with Crippen LogP contribution in [-0.4, -0.2) is 18.0 Å². The molecule has 182 valence electrons. The number of carbonyl (C=O) groups is 1. The summed E-state index contributed by atoms with van der Waals surface area (Å²) in [6.07, 6.45) is 2.90. The molecular formula is C30H30O2P2Pd. The van der Waals surface area contributed by atoms with E-state index in [1.165, 1.54) is 28.1 Å². The van der Waals surface area contributed by atoms with E-state index in [4.69, 9.17) is 4.74 Å². The van der Waals surface area contributed by atoms with Gasteiger partial charge < -0.3 is 4.74 Å². The third kappa shape index (κ3) is 7.93. The maximum atomic E-state index is 12.2. The minimum Gasteiger partial charge on any atom is -0.457 e. The minimum absolute atomic E-state index is 0. The largest absolute Gasteiger partial charge is 0.457 e. The van der Waals surface area contributed by atoms with Gasteiger partial charge >= 0.3 is 5.97 Å². The van der Waals surface area contributed by atoms with Crippen molar-refractivity contribution in [3.05, 3.63) is 121 Å². The van der Waals surface area contributed by atoms with Crippen LogP contribution in [0.3, 0.4) is 0 Å². The van der Waals surface area contributed by atoms with Crippen molar-refractivity contribution in [3.8, 4) is 0 Å². The molecule has 4 aromatic rings. The maximum Gasteiger partial charge on any atom is 0.303 e. The quantitative estimate of drug-likeness (QED) is 0.130. The zero-order chi connectivity index (χ0) is 23.6. The summed E-state index contributed by atoms with van der Waals surface area (Å²) in [7, 11) is -1.28. The van der Waals surface area contributed by atoms with Crippen molar-refractivity contribution < 1.29 is 30.0 Å². The molecule has 0 radical (unpaired) electrons. The van der Waals surface area contributed by atoms with Gasteiger partial charge in [0.15, 0.2) is 0 Å². The molecule has 0 saturated heterocycles. The fourth-order valence-corrected chi connectivity index (χ4v) is 9.16. The predicted octanol–water partition coefficient (Wildman–Crippen LogP) is 5.92. The number of hydrogen-bond donors (Lipinski definition) is 0. The molecule has 0 aromatic heterocycles. The van der Waals surface area contributed by atoms with Crippen LogP contribution in [-0.2, 0) is 30.0 Å². The Balaban J connectivity index is 0.00000342. The van der Waals surface area contributed by atoms with Crippen LogP contribution in [0.2, 0.25) is 0 Å². The van der Waals surface area contributed by atoms with E-state index in [1.54, 1.807) is 0 Å². The summed E-state index contributed by atoms with van der Waals surface area (Å²) >= 11 is 0. The first-order chi connectivity index (χ1) is 16.7. The first-order valence-corrected chi connectivity index (χ1v) is 14.6. The third-order valence-corrected chi connectivity index (χ3v) is 10.9. The van der Waals surface area contributed by atoms with Crippen molar-refractivity contribution in [2.24, 2.45) is 0 Å². The Morgan fingerprint density at radius 2 is 1.03 bits per heavy atom. The predicted molar refractivity (Wildman–Crippen MR) is 148 cm³/mol. The number of esters is 1. The molecule has 0 amide bonds. The number of ether oxygens (including phenoxy) is 1. The summed E-state index contributed by atoms with van der Waals surface area (Å²) in [5.41, 5.74) is 0. The van der Waals surface area contributed by atoms with E-state index >= 15 is 0 Å². The first kappa shape index (κ1) is 27.5. The van der Waals surface area contributed by atoms with Crippen molar-refractivity contribution >= 4 is 43.0 Å². The Labute approximate surface area is 225 Å². The molecule has 0 N–H and O–H groups in total. The fourth-order valence-electron chi connectivity index (χ4n) is 4.14. The molecule has 0 spiro atoms. The molecule has 4 rings (SSSR count). The van der Waals surface area contributed by atoms with Crippen LogP contribution < -0.4 is 21.2 Å². The Morgan fingerprint density at radius 3 is 1.40 bits per heavy atom. The Kier molecular flexibility index (Phi) is 11.3. The van der Waals surface area contributed by atoms with E-state index in [-0.39, 0.29) is 32.2 Å². The minimum atomic E-state index is -0.822. The molecule has 1 unspecified atom stereocenters. The summed E-state index contributed by atoms with van der Waals surface area (Å²) in [5, 5.41) is 5.26. The Morgan fingerprint density at radius 1 is 0.657 bits per heavy atom. The number of hydrogen-bond acceptors (Lipinski definition) is 2. The maximum absolute atomic E-state index is 12.2. The molecule has 1 atom stereocenters. The van der Waals surface area contributed by atoms with E-state index in [1.807, 2.05) is 12.1 Å². The van der Waals surface area contributed by atoms with Crippen LogP contribution in [0.5, 0.6) is 0 Å². The SMILES string of the molecule is CC(=O)OC(CCCP(c1ccccc1)c1ccccc1)P(c1ccccc1)c1ccccc1.[Pd]. The smallest absolute Gasteiger partial charge is 0.303 e. The first-order valence-electron chi connectivity index (χ1n) is 11.7. The van der Waals surface area contributed by atoms with Gasteiger partial charge in [-0.15, -0.1) is 0 Å². The topological polar surface area (TPSA) is 26.3 Å². The normalized spacial score (nSPS) is 11.6. The summed E-state index contributed by atoms with van der Waals surface area (Å²) in [6.45, 7) is 1.53. The molecule has 0 aliphatic rings. The molecule has 0 bridgehead atoms. The summed E-state index contributed by atoms with van der Waals surface area (Å²) in [4.78, 5) is 12.2. The third-order valence-electron chi connectivity index (χ3n) is 5.63. The fraction of sp³-hybridized carbons (Fsp3) is 0.167. The average Bonchev–Trinajstić information content (AvgIpc) is 2.89. The van der Waals surface area contributed by atoms with Gasteiger partial charge in [0, 0.05) is 27.3 Å². The summed E-state index contributed by atoms with van der Waals surface area (Å²) in [6, 6.07) is 42.6. The van der Waals surface area contributed by atoms with Crippen molar-refractivity contribution in [1.82, 2.24) is 0 Å². The molecule has 4 aromatic carbocycles. The molecule has 2 nitrogen and oxygen atoms in total. The number of carbonyl (C=O) groups excluding carboxylic acids is 1. The second-order valence-electron chi connectivity index (χ2n) is 8.07. The van der Waals surface area contributed by atoms with Crippen molar-refractivity contribution in [1.29, 1.82) is 0 Å². The molecule has 5 heteroatoms. The van der Waals surface area contributed by atoms with Gasteiger partial charge in [-0.25, -0.2) is 0 Å². The van der Waals surface area contributed by atoms with E-state index in [0.29, 0.717) is 0 Å². The molecule has 0 heterocycles. The molecule has 0 aliphatic carbocycles. The van der Waals surface area contributed by atoms with Gasteiger partial charge in [-0.1, -0.05) is 121 Å². The monoisotopic (exact) mass is 590 g/mol. The Hall–Kier alpha value is -2.13. The standard InChI is InChI=1S/C30H30O2P2.Pd/c1-25(31)32-30(34(28-19-10-4-11-20-28)29-21-12-5-13-22-29)23-14-24-33(26-15-6-2-7-16-26)27-17-8-3-9-18-27;/h2-13,15-22,30H,14,23-24H2,1H3;. The van der Waals surface area contributed by atoms with Gasteiger partial charge in [0.25, 0.3) is 0 Å². The van der Waals surface area contributed by atoms with Crippen LogP contribution in [0.1, 0.15) is 19.8 Å². The van der Waals surface area contributed by atoms with Gasteiger partial charge in [0.05, 0.1) is 0 Å². The van der Waals surface area contributed by atoms with Crippen LogP contribution in [0, 0.1) is 0 Å². The summed E-state index contributed by atoms with van der Waals surface area (Å²) in [5.74, 6) is -0.363. The van der Waals surface area contributed by atoms with Crippen molar-refractivity contribution in [2.45, 2.75) is 25.6 Å². The zero-order valence-electron chi connectivity index (χ0n) is 19.8. The van der Waals surface area contributed by atoms with Crippen LogP contribution in [0.4, 0.5) is 0 Å². The molecular weight excluding hydrogens is 561 g/mol. The zero-order valence-corrected chi connectivity index (χ0v) is 23.1. The molecule has 0 saturated carbocycles.